The molecular weight excluding hydrogens is 198 g/mol. The number of rotatable bonds is 7. The summed E-state index contributed by atoms with van der Waals surface area (Å²) in [5, 5.41) is 6.62. The lowest BCUT2D eigenvalue weighted by molar-refractivity contribution is 0.567. The van der Waals surface area contributed by atoms with Crippen LogP contribution in [0.25, 0.3) is 0 Å². The van der Waals surface area contributed by atoms with Gasteiger partial charge in [-0.1, -0.05) is 13.8 Å². The fraction of sp³-hybridized carbons (Fsp3) is 0.615. The average Bonchev–Trinajstić information content (AvgIpc) is 2.25. The maximum atomic E-state index is 4.23. The van der Waals surface area contributed by atoms with E-state index in [0.29, 0.717) is 0 Å². The second-order valence-corrected chi connectivity index (χ2v) is 4.42. The molecule has 3 nitrogen and oxygen atoms in total. The van der Waals surface area contributed by atoms with Crippen molar-refractivity contribution in [3.05, 3.63) is 18.3 Å². The van der Waals surface area contributed by atoms with Gasteiger partial charge in [-0.2, -0.15) is 0 Å². The Morgan fingerprint density at radius 1 is 1.31 bits per heavy atom. The zero-order valence-corrected chi connectivity index (χ0v) is 10.6. The number of pyridine rings is 1. The molecule has 0 aliphatic heterocycles. The third-order valence-corrected chi connectivity index (χ3v) is 2.41. The largest absolute Gasteiger partial charge is 0.385 e. The molecule has 0 saturated heterocycles. The van der Waals surface area contributed by atoms with Crippen molar-refractivity contribution in [2.75, 3.05) is 23.7 Å². The van der Waals surface area contributed by atoms with Crippen molar-refractivity contribution in [1.82, 2.24) is 4.98 Å². The minimum atomic E-state index is 0.788. The monoisotopic (exact) mass is 221 g/mol. The Morgan fingerprint density at radius 3 is 2.81 bits per heavy atom. The lowest BCUT2D eigenvalue weighted by Crippen LogP contribution is -2.04. The van der Waals surface area contributed by atoms with Crippen LogP contribution in [0.4, 0.5) is 11.5 Å². The standard InChI is InChI=1S/C13H23N3/c1-4-14-13-10-12(7-9-16-13)15-8-5-6-11(2)3/h7,9-11H,4-6,8H2,1-3H3,(H2,14,15,16). The molecule has 0 aliphatic rings. The molecule has 0 aliphatic carbocycles. The summed E-state index contributed by atoms with van der Waals surface area (Å²) in [6.07, 6.45) is 4.33. The van der Waals surface area contributed by atoms with E-state index < -0.39 is 0 Å². The van der Waals surface area contributed by atoms with E-state index >= 15 is 0 Å². The zero-order valence-electron chi connectivity index (χ0n) is 10.6. The van der Waals surface area contributed by atoms with E-state index in [0.717, 1.165) is 30.5 Å². The molecule has 2 N–H and O–H groups in total. The maximum Gasteiger partial charge on any atom is 0.127 e. The van der Waals surface area contributed by atoms with Gasteiger partial charge in [-0.3, -0.25) is 0 Å². The highest BCUT2D eigenvalue weighted by atomic mass is 15.0. The predicted octanol–water partition coefficient (Wildman–Crippen LogP) is 3.36. The van der Waals surface area contributed by atoms with Gasteiger partial charge in [-0.05, 0) is 31.7 Å². The van der Waals surface area contributed by atoms with Gasteiger partial charge in [0.15, 0.2) is 0 Å². The van der Waals surface area contributed by atoms with Crippen molar-refractivity contribution in [1.29, 1.82) is 0 Å². The van der Waals surface area contributed by atoms with Crippen molar-refractivity contribution in [2.24, 2.45) is 5.92 Å². The first-order valence-corrected chi connectivity index (χ1v) is 6.16. The van der Waals surface area contributed by atoms with E-state index in [1.807, 2.05) is 12.3 Å². The summed E-state index contributed by atoms with van der Waals surface area (Å²) < 4.78 is 0. The Labute approximate surface area is 98.7 Å². The van der Waals surface area contributed by atoms with Gasteiger partial charge in [0, 0.05) is 31.0 Å². The van der Waals surface area contributed by atoms with E-state index in [9.17, 15) is 0 Å². The SMILES string of the molecule is CCNc1cc(NCCCC(C)C)ccn1. The van der Waals surface area contributed by atoms with Crippen molar-refractivity contribution in [3.63, 3.8) is 0 Å². The van der Waals surface area contributed by atoms with Gasteiger partial charge in [-0.25, -0.2) is 4.98 Å². The normalized spacial score (nSPS) is 10.5. The number of anilines is 2. The smallest absolute Gasteiger partial charge is 0.127 e. The van der Waals surface area contributed by atoms with E-state index in [1.165, 1.54) is 12.8 Å². The predicted molar refractivity (Wildman–Crippen MR) is 71.0 cm³/mol. The topological polar surface area (TPSA) is 37.0 Å². The van der Waals surface area contributed by atoms with Gasteiger partial charge < -0.3 is 10.6 Å². The average molecular weight is 221 g/mol. The highest BCUT2D eigenvalue weighted by Crippen LogP contribution is 2.12. The quantitative estimate of drug-likeness (QED) is 0.693. The third-order valence-electron chi connectivity index (χ3n) is 2.41. The van der Waals surface area contributed by atoms with Crippen LogP contribution in [0, 0.1) is 5.92 Å². The van der Waals surface area contributed by atoms with Crippen LogP contribution in [-0.4, -0.2) is 18.1 Å². The highest BCUT2D eigenvalue weighted by molar-refractivity contribution is 5.51. The van der Waals surface area contributed by atoms with Crippen LogP contribution in [0.15, 0.2) is 18.3 Å². The van der Waals surface area contributed by atoms with E-state index in [-0.39, 0.29) is 0 Å². The van der Waals surface area contributed by atoms with E-state index in [1.54, 1.807) is 0 Å². The number of hydrogen-bond donors (Lipinski definition) is 2. The van der Waals surface area contributed by atoms with E-state index in [4.69, 9.17) is 0 Å². The van der Waals surface area contributed by atoms with Crippen molar-refractivity contribution >= 4 is 11.5 Å². The molecule has 1 aromatic heterocycles. The van der Waals surface area contributed by atoms with Gasteiger partial charge in [0.1, 0.15) is 5.82 Å². The van der Waals surface area contributed by atoms with Gasteiger partial charge >= 0.3 is 0 Å². The molecule has 1 rings (SSSR count). The van der Waals surface area contributed by atoms with Gasteiger partial charge in [0.25, 0.3) is 0 Å². The second kappa shape index (κ2) is 7.09. The second-order valence-electron chi connectivity index (χ2n) is 4.42. The molecule has 0 amide bonds. The molecule has 90 valence electrons. The summed E-state index contributed by atoms with van der Waals surface area (Å²) in [5.74, 6) is 1.73. The van der Waals surface area contributed by atoms with Crippen LogP contribution in [0.5, 0.6) is 0 Å². The molecule has 0 spiro atoms. The summed E-state index contributed by atoms with van der Waals surface area (Å²) >= 11 is 0. The minimum absolute atomic E-state index is 0.788. The molecule has 0 fully saturated rings. The Hall–Kier alpha value is -1.25. The lowest BCUT2D eigenvalue weighted by atomic mass is 10.1. The van der Waals surface area contributed by atoms with Crippen LogP contribution in [0.1, 0.15) is 33.6 Å². The van der Waals surface area contributed by atoms with Crippen molar-refractivity contribution in [2.45, 2.75) is 33.6 Å². The maximum absolute atomic E-state index is 4.23. The van der Waals surface area contributed by atoms with Crippen LogP contribution in [-0.2, 0) is 0 Å². The molecule has 0 radical (unpaired) electrons. The molecule has 1 aromatic rings. The van der Waals surface area contributed by atoms with Crippen LogP contribution < -0.4 is 10.6 Å². The van der Waals surface area contributed by atoms with Crippen molar-refractivity contribution < 1.29 is 0 Å². The first kappa shape index (κ1) is 12.8. The summed E-state index contributed by atoms with van der Waals surface area (Å²) in [5.41, 5.74) is 1.15. The van der Waals surface area contributed by atoms with Crippen LogP contribution >= 0.6 is 0 Å². The fourth-order valence-electron chi connectivity index (χ4n) is 1.56. The van der Waals surface area contributed by atoms with Gasteiger partial charge in [-0.15, -0.1) is 0 Å². The summed E-state index contributed by atoms with van der Waals surface area (Å²) in [6, 6.07) is 4.06. The lowest BCUT2D eigenvalue weighted by Gasteiger charge is -2.09. The third kappa shape index (κ3) is 5.01. The summed E-state index contributed by atoms with van der Waals surface area (Å²) in [7, 11) is 0. The summed E-state index contributed by atoms with van der Waals surface area (Å²) in [6.45, 7) is 8.54. The van der Waals surface area contributed by atoms with Gasteiger partial charge in [0.2, 0.25) is 0 Å². The molecular formula is C13H23N3. The molecule has 0 aromatic carbocycles. The Morgan fingerprint density at radius 2 is 2.12 bits per heavy atom. The number of nitrogens with zero attached hydrogens (tertiary/aromatic N) is 1. The highest BCUT2D eigenvalue weighted by Gasteiger charge is 1.96. The van der Waals surface area contributed by atoms with Crippen LogP contribution in [0.3, 0.4) is 0 Å². The van der Waals surface area contributed by atoms with Crippen LogP contribution in [0.2, 0.25) is 0 Å². The molecule has 0 atom stereocenters. The first-order chi connectivity index (χ1) is 7.72. The first-order valence-electron chi connectivity index (χ1n) is 6.16. The number of hydrogen-bond acceptors (Lipinski definition) is 3. The molecule has 0 saturated carbocycles. The number of nitrogens with one attached hydrogen (secondary N) is 2. The molecule has 0 bridgehead atoms. The molecule has 16 heavy (non-hydrogen) atoms. The van der Waals surface area contributed by atoms with Gasteiger partial charge in [0.05, 0.1) is 0 Å². The summed E-state index contributed by atoms with van der Waals surface area (Å²) in [4.78, 5) is 4.23. The van der Waals surface area contributed by atoms with Crippen molar-refractivity contribution in [3.8, 4) is 0 Å². The molecule has 1 heterocycles. The Balaban J connectivity index is 2.33. The Bertz CT molecular complexity index is 297. The van der Waals surface area contributed by atoms with E-state index in [2.05, 4.69) is 42.5 Å². The number of aromatic nitrogens is 1. The zero-order chi connectivity index (χ0) is 11.8. The minimum Gasteiger partial charge on any atom is -0.385 e. The Kier molecular flexibility index (Phi) is 5.68. The molecule has 0 unspecified atom stereocenters. The molecule has 3 heteroatoms. The fourth-order valence-corrected chi connectivity index (χ4v) is 1.56.